The van der Waals surface area contributed by atoms with Gasteiger partial charge in [-0.15, -0.1) is 0 Å². The molecule has 1 heterocycles. The maximum Gasteiger partial charge on any atom is 0.222 e. The SMILES string of the molecule is COCCNC(=O)C[C@H](c1cccc2ccccc12)n1cccc1. The van der Waals surface area contributed by atoms with E-state index in [0.717, 1.165) is 5.56 Å². The fourth-order valence-corrected chi connectivity index (χ4v) is 3.01. The molecule has 3 rings (SSSR count). The van der Waals surface area contributed by atoms with Crippen LogP contribution in [0.4, 0.5) is 0 Å². The molecule has 0 aliphatic heterocycles. The van der Waals surface area contributed by atoms with Gasteiger partial charge in [0.2, 0.25) is 5.91 Å². The van der Waals surface area contributed by atoms with Crippen molar-refractivity contribution in [1.29, 1.82) is 0 Å². The summed E-state index contributed by atoms with van der Waals surface area (Å²) in [5.41, 5.74) is 1.16. The van der Waals surface area contributed by atoms with Crippen molar-refractivity contribution in [2.24, 2.45) is 0 Å². The molecule has 0 fully saturated rings. The molecule has 0 aliphatic rings. The van der Waals surface area contributed by atoms with Crippen LogP contribution in [0.25, 0.3) is 10.8 Å². The fraction of sp³-hybridized carbons (Fsp3) is 0.250. The van der Waals surface area contributed by atoms with Crippen molar-refractivity contribution < 1.29 is 9.53 Å². The summed E-state index contributed by atoms with van der Waals surface area (Å²) in [5.74, 6) is 0.0266. The third-order valence-electron chi connectivity index (χ3n) is 4.18. The molecule has 4 heteroatoms. The number of rotatable bonds is 7. The quantitative estimate of drug-likeness (QED) is 0.678. The molecule has 0 spiro atoms. The maximum absolute atomic E-state index is 12.4. The van der Waals surface area contributed by atoms with Crippen LogP contribution in [-0.2, 0) is 9.53 Å². The van der Waals surface area contributed by atoms with E-state index in [4.69, 9.17) is 4.74 Å². The van der Waals surface area contributed by atoms with Gasteiger partial charge >= 0.3 is 0 Å². The third-order valence-corrected chi connectivity index (χ3v) is 4.18. The van der Waals surface area contributed by atoms with Crippen LogP contribution in [0, 0.1) is 0 Å². The number of amides is 1. The summed E-state index contributed by atoms with van der Waals surface area (Å²) in [5, 5.41) is 5.29. The third kappa shape index (κ3) is 3.66. The zero-order valence-corrected chi connectivity index (χ0v) is 13.8. The number of nitrogens with zero attached hydrogens (tertiary/aromatic N) is 1. The number of fused-ring (bicyclic) bond motifs is 1. The molecular weight excluding hydrogens is 300 g/mol. The first-order valence-corrected chi connectivity index (χ1v) is 8.15. The van der Waals surface area contributed by atoms with Gasteiger partial charge in [-0.3, -0.25) is 4.79 Å². The first-order chi connectivity index (χ1) is 11.8. The van der Waals surface area contributed by atoms with Crippen LogP contribution in [0.1, 0.15) is 18.0 Å². The lowest BCUT2D eigenvalue weighted by molar-refractivity contribution is -0.121. The lowest BCUT2D eigenvalue weighted by Crippen LogP contribution is -2.29. The van der Waals surface area contributed by atoms with E-state index in [1.54, 1.807) is 7.11 Å². The van der Waals surface area contributed by atoms with Crippen LogP contribution in [0.3, 0.4) is 0 Å². The molecule has 0 saturated carbocycles. The predicted molar refractivity (Wildman–Crippen MR) is 96.0 cm³/mol. The van der Waals surface area contributed by atoms with E-state index in [-0.39, 0.29) is 11.9 Å². The highest BCUT2D eigenvalue weighted by molar-refractivity contribution is 5.87. The minimum Gasteiger partial charge on any atom is -0.383 e. The number of carbonyl (C=O) groups excluding carboxylic acids is 1. The minimum atomic E-state index is -0.0337. The van der Waals surface area contributed by atoms with E-state index < -0.39 is 0 Å². The number of aromatic nitrogens is 1. The zero-order chi connectivity index (χ0) is 16.8. The monoisotopic (exact) mass is 322 g/mol. The van der Waals surface area contributed by atoms with Crippen molar-refractivity contribution in [3.8, 4) is 0 Å². The average Bonchev–Trinajstić information content (AvgIpc) is 3.14. The Kier molecular flexibility index (Phi) is 5.29. The molecule has 0 unspecified atom stereocenters. The Labute approximate surface area is 142 Å². The Morgan fingerprint density at radius 1 is 1.08 bits per heavy atom. The molecule has 0 aliphatic carbocycles. The molecule has 0 saturated heterocycles. The molecule has 2 aromatic carbocycles. The summed E-state index contributed by atoms with van der Waals surface area (Å²) in [6.07, 6.45) is 4.41. The molecule has 0 bridgehead atoms. The summed E-state index contributed by atoms with van der Waals surface area (Å²) in [4.78, 5) is 12.4. The number of carbonyl (C=O) groups is 1. The van der Waals surface area contributed by atoms with E-state index in [1.807, 2.05) is 36.7 Å². The predicted octanol–water partition coefficient (Wildman–Crippen LogP) is 3.38. The normalized spacial score (nSPS) is 12.2. The molecule has 3 aromatic rings. The number of hydrogen-bond acceptors (Lipinski definition) is 2. The van der Waals surface area contributed by atoms with Gasteiger partial charge in [-0.2, -0.15) is 0 Å². The summed E-state index contributed by atoms with van der Waals surface area (Å²) in [6.45, 7) is 1.05. The highest BCUT2D eigenvalue weighted by Gasteiger charge is 2.19. The van der Waals surface area contributed by atoms with Gasteiger partial charge in [0.05, 0.1) is 19.1 Å². The van der Waals surface area contributed by atoms with Gasteiger partial charge in [-0.1, -0.05) is 42.5 Å². The Morgan fingerprint density at radius 3 is 2.62 bits per heavy atom. The van der Waals surface area contributed by atoms with Crippen molar-refractivity contribution in [3.63, 3.8) is 0 Å². The number of hydrogen-bond donors (Lipinski definition) is 1. The van der Waals surface area contributed by atoms with Gasteiger partial charge in [0.15, 0.2) is 0 Å². The van der Waals surface area contributed by atoms with E-state index in [0.29, 0.717) is 19.6 Å². The Hall–Kier alpha value is -2.59. The largest absolute Gasteiger partial charge is 0.383 e. The lowest BCUT2D eigenvalue weighted by atomic mass is 9.96. The Balaban J connectivity index is 1.92. The molecule has 0 radical (unpaired) electrons. The van der Waals surface area contributed by atoms with Crippen molar-refractivity contribution in [3.05, 3.63) is 72.6 Å². The minimum absolute atomic E-state index is 0.0266. The van der Waals surface area contributed by atoms with E-state index in [2.05, 4.69) is 40.2 Å². The number of nitrogens with one attached hydrogen (secondary N) is 1. The molecule has 1 atom stereocenters. The van der Waals surface area contributed by atoms with Crippen molar-refractivity contribution in [2.45, 2.75) is 12.5 Å². The topological polar surface area (TPSA) is 43.3 Å². The van der Waals surface area contributed by atoms with Crippen LogP contribution in [0.5, 0.6) is 0 Å². The van der Waals surface area contributed by atoms with Crippen molar-refractivity contribution in [1.82, 2.24) is 9.88 Å². The first-order valence-electron chi connectivity index (χ1n) is 8.15. The van der Waals surface area contributed by atoms with Gasteiger partial charge in [-0.05, 0) is 28.5 Å². The first kappa shape index (κ1) is 16.3. The van der Waals surface area contributed by atoms with E-state index >= 15 is 0 Å². The Morgan fingerprint density at radius 2 is 1.83 bits per heavy atom. The van der Waals surface area contributed by atoms with Crippen LogP contribution in [-0.4, -0.2) is 30.7 Å². The summed E-state index contributed by atoms with van der Waals surface area (Å²) in [7, 11) is 1.63. The van der Waals surface area contributed by atoms with Crippen molar-refractivity contribution >= 4 is 16.7 Å². The smallest absolute Gasteiger partial charge is 0.222 e. The second-order valence-electron chi connectivity index (χ2n) is 5.76. The standard InChI is InChI=1S/C20H22N2O2/c1-24-14-11-21-20(23)15-19(22-12-4-5-13-22)18-10-6-8-16-7-2-3-9-17(16)18/h2-10,12-13,19H,11,14-15H2,1H3,(H,21,23)/t19-/m1/s1. The van der Waals surface area contributed by atoms with Gasteiger partial charge < -0.3 is 14.6 Å². The highest BCUT2D eigenvalue weighted by atomic mass is 16.5. The van der Waals surface area contributed by atoms with Crippen molar-refractivity contribution in [2.75, 3.05) is 20.3 Å². The molecule has 1 amide bonds. The molecule has 1 N–H and O–H groups in total. The van der Waals surface area contributed by atoms with Gasteiger partial charge in [0, 0.05) is 26.0 Å². The molecule has 4 nitrogen and oxygen atoms in total. The average molecular weight is 322 g/mol. The zero-order valence-electron chi connectivity index (χ0n) is 13.8. The van der Waals surface area contributed by atoms with Crippen LogP contribution in [0.2, 0.25) is 0 Å². The van der Waals surface area contributed by atoms with Gasteiger partial charge in [0.25, 0.3) is 0 Å². The molecule has 24 heavy (non-hydrogen) atoms. The van der Waals surface area contributed by atoms with E-state index in [1.165, 1.54) is 10.8 Å². The van der Waals surface area contributed by atoms with Gasteiger partial charge in [0.1, 0.15) is 0 Å². The number of ether oxygens (including phenoxy) is 1. The summed E-state index contributed by atoms with van der Waals surface area (Å²) >= 11 is 0. The number of methoxy groups -OCH3 is 1. The molecule has 124 valence electrons. The summed E-state index contributed by atoms with van der Waals surface area (Å²) in [6, 6.07) is 18.5. The fourth-order valence-electron chi connectivity index (χ4n) is 3.01. The number of benzene rings is 2. The lowest BCUT2D eigenvalue weighted by Gasteiger charge is -2.21. The van der Waals surface area contributed by atoms with Crippen LogP contribution < -0.4 is 5.32 Å². The van der Waals surface area contributed by atoms with Crippen LogP contribution >= 0.6 is 0 Å². The van der Waals surface area contributed by atoms with Crippen LogP contribution in [0.15, 0.2) is 67.0 Å². The maximum atomic E-state index is 12.4. The second-order valence-corrected chi connectivity index (χ2v) is 5.76. The second kappa shape index (κ2) is 7.79. The summed E-state index contributed by atoms with van der Waals surface area (Å²) < 4.78 is 7.09. The highest BCUT2D eigenvalue weighted by Crippen LogP contribution is 2.29. The van der Waals surface area contributed by atoms with Gasteiger partial charge in [-0.25, -0.2) is 0 Å². The Bertz CT molecular complexity index is 791. The van der Waals surface area contributed by atoms with E-state index in [9.17, 15) is 4.79 Å². The molecular formula is C20H22N2O2. The molecule has 1 aromatic heterocycles.